The summed E-state index contributed by atoms with van der Waals surface area (Å²) in [5.74, 6) is 0. The molecule has 1 aliphatic heterocycles. The number of hydrogen-bond acceptors (Lipinski definition) is 2. The molecule has 0 bridgehead atoms. The Morgan fingerprint density at radius 2 is 2.33 bits per heavy atom. The van der Waals surface area contributed by atoms with E-state index in [0.717, 1.165) is 11.3 Å². The summed E-state index contributed by atoms with van der Waals surface area (Å²) in [4.78, 5) is 10.4. The number of carbonyl (C=O) groups excluding carboxylic acids is 1. The third kappa shape index (κ3) is 1.22. The van der Waals surface area contributed by atoms with Gasteiger partial charge in [0.1, 0.15) is 6.61 Å². The molecule has 1 saturated heterocycles. The van der Waals surface area contributed by atoms with Crippen LogP contribution in [0.5, 0.6) is 0 Å². The highest BCUT2D eigenvalue weighted by atomic mass is 16.6. The number of ether oxygens (including phenoxy) is 1. The summed E-state index contributed by atoms with van der Waals surface area (Å²) >= 11 is 0. The summed E-state index contributed by atoms with van der Waals surface area (Å²) in [5, 5.41) is 2.57. The lowest BCUT2D eigenvalue weighted by atomic mass is 10.3. The molecule has 0 atom stereocenters. The van der Waals surface area contributed by atoms with Gasteiger partial charge in [-0.2, -0.15) is 0 Å². The van der Waals surface area contributed by atoms with Crippen molar-refractivity contribution < 1.29 is 9.53 Å². The first kappa shape index (κ1) is 6.13. The Bertz CT molecular complexity index is 168. The van der Waals surface area contributed by atoms with Gasteiger partial charge in [0.15, 0.2) is 0 Å². The Kier molecular flexibility index (Phi) is 1.42. The predicted molar refractivity (Wildman–Crippen MR) is 32.9 cm³/mol. The van der Waals surface area contributed by atoms with Crippen molar-refractivity contribution in [2.24, 2.45) is 0 Å². The molecule has 0 aliphatic carbocycles. The van der Waals surface area contributed by atoms with Crippen molar-refractivity contribution >= 4 is 6.09 Å². The fourth-order valence-electron chi connectivity index (χ4n) is 0.602. The number of hydrogen-bond donors (Lipinski definition) is 1. The number of alkyl carbamates (subject to hydrolysis) is 1. The van der Waals surface area contributed by atoms with Gasteiger partial charge in [0.2, 0.25) is 0 Å². The zero-order valence-electron chi connectivity index (χ0n) is 5.52. The molecule has 3 nitrogen and oxygen atoms in total. The normalized spacial score (nSPS) is 17.1. The van der Waals surface area contributed by atoms with Crippen LogP contribution in [0.4, 0.5) is 4.79 Å². The van der Waals surface area contributed by atoms with Crippen LogP contribution in [0.1, 0.15) is 13.8 Å². The summed E-state index contributed by atoms with van der Waals surface area (Å²) in [6, 6.07) is 0. The maximum atomic E-state index is 10.4. The molecule has 0 aromatic carbocycles. The van der Waals surface area contributed by atoms with Gasteiger partial charge >= 0.3 is 6.09 Å². The third-order valence-corrected chi connectivity index (χ3v) is 1.20. The van der Waals surface area contributed by atoms with Crippen LogP contribution in [0.15, 0.2) is 11.3 Å². The summed E-state index contributed by atoms with van der Waals surface area (Å²) in [7, 11) is 0. The molecule has 0 unspecified atom stereocenters. The standard InChI is InChI=1S/C6H9NO2/c1-4(2)5-3-9-6(8)7-5/h3H2,1-2H3,(H,7,8). The minimum atomic E-state index is -0.341. The van der Waals surface area contributed by atoms with Gasteiger partial charge in [0.05, 0.1) is 5.70 Å². The highest BCUT2D eigenvalue weighted by molar-refractivity contribution is 5.72. The van der Waals surface area contributed by atoms with E-state index >= 15 is 0 Å². The molecule has 1 heterocycles. The quantitative estimate of drug-likeness (QED) is 0.527. The molecule has 1 rings (SSSR count). The number of carbonyl (C=O) groups is 1. The van der Waals surface area contributed by atoms with Gasteiger partial charge in [0, 0.05) is 0 Å². The summed E-state index contributed by atoms with van der Waals surface area (Å²) < 4.78 is 4.62. The molecule has 1 N–H and O–H groups in total. The third-order valence-electron chi connectivity index (χ3n) is 1.20. The molecular weight excluding hydrogens is 118 g/mol. The number of rotatable bonds is 0. The lowest BCUT2D eigenvalue weighted by Gasteiger charge is -1.93. The lowest BCUT2D eigenvalue weighted by molar-refractivity contribution is 0.179. The monoisotopic (exact) mass is 127 g/mol. The molecule has 0 saturated carbocycles. The van der Waals surface area contributed by atoms with Crippen molar-refractivity contribution in [3.63, 3.8) is 0 Å². The molecule has 1 fully saturated rings. The van der Waals surface area contributed by atoms with E-state index in [2.05, 4.69) is 10.1 Å². The second-order valence-corrected chi connectivity index (χ2v) is 2.18. The van der Waals surface area contributed by atoms with Crippen LogP contribution in [0.3, 0.4) is 0 Å². The molecule has 0 spiro atoms. The Balaban J connectivity index is 2.69. The number of amides is 1. The van der Waals surface area contributed by atoms with E-state index in [-0.39, 0.29) is 6.09 Å². The van der Waals surface area contributed by atoms with Gasteiger partial charge in [-0.1, -0.05) is 5.57 Å². The van der Waals surface area contributed by atoms with Crippen LogP contribution >= 0.6 is 0 Å². The SMILES string of the molecule is CC(C)=C1COC(=O)N1. The van der Waals surface area contributed by atoms with Crippen LogP contribution < -0.4 is 5.32 Å². The van der Waals surface area contributed by atoms with E-state index in [0.29, 0.717) is 6.61 Å². The molecule has 0 aromatic heterocycles. The van der Waals surface area contributed by atoms with Crippen molar-refractivity contribution in [1.82, 2.24) is 5.32 Å². The number of nitrogens with one attached hydrogen (secondary N) is 1. The fraction of sp³-hybridized carbons (Fsp3) is 0.500. The second-order valence-electron chi connectivity index (χ2n) is 2.18. The van der Waals surface area contributed by atoms with Crippen LogP contribution in [-0.4, -0.2) is 12.7 Å². The van der Waals surface area contributed by atoms with Gasteiger partial charge in [-0.25, -0.2) is 4.79 Å². The first-order chi connectivity index (χ1) is 4.20. The van der Waals surface area contributed by atoms with Gasteiger partial charge in [-0.05, 0) is 13.8 Å². The van der Waals surface area contributed by atoms with Gasteiger partial charge in [-0.3, -0.25) is 5.32 Å². The van der Waals surface area contributed by atoms with E-state index in [9.17, 15) is 4.79 Å². The highest BCUT2D eigenvalue weighted by Gasteiger charge is 2.15. The van der Waals surface area contributed by atoms with Crippen molar-refractivity contribution in [3.8, 4) is 0 Å². The van der Waals surface area contributed by atoms with E-state index in [1.807, 2.05) is 13.8 Å². The Labute approximate surface area is 53.7 Å². The highest BCUT2D eigenvalue weighted by Crippen LogP contribution is 2.05. The van der Waals surface area contributed by atoms with Crippen molar-refractivity contribution in [2.75, 3.05) is 6.61 Å². The van der Waals surface area contributed by atoms with E-state index in [1.165, 1.54) is 0 Å². The molecule has 1 aliphatic rings. The molecule has 0 aromatic rings. The summed E-state index contributed by atoms with van der Waals surface area (Å²) in [6.07, 6.45) is -0.341. The van der Waals surface area contributed by atoms with E-state index in [1.54, 1.807) is 0 Å². The van der Waals surface area contributed by atoms with Gasteiger partial charge in [0.25, 0.3) is 0 Å². The van der Waals surface area contributed by atoms with Crippen LogP contribution in [-0.2, 0) is 4.74 Å². The zero-order valence-corrected chi connectivity index (χ0v) is 5.52. The Morgan fingerprint density at radius 1 is 1.67 bits per heavy atom. The van der Waals surface area contributed by atoms with Crippen molar-refractivity contribution in [3.05, 3.63) is 11.3 Å². The predicted octanol–water partition coefficient (Wildman–Crippen LogP) is 1.02. The molecule has 50 valence electrons. The van der Waals surface area contributed by atoms with Crippen molar-refractivity contribution in [2.45, 2.75) is 13.8 Å². The summed E-state index contributed by atoms with van der Waals surface area (Å²) in [5.41, 5.74) is 1.99. The van der Waals surface area contributed by atoms with Crippen molar-refractivity contribution in [1.29, 1.82) is 0 Å². The minimum absolute atomic E-state index is 0.341. The second kappa shape index (κ2) is 2.09. The largest absolute Gasteiger partial charge is 0.443 e. The average molecular weight is 127 g/mol. The number of cyclic esters (lactones) is 1. The van der Waals surface area contributed by atoms with Crippen LogP contribution in [0.2, 0.25) is 0 Å². The fourth-order valence-corrected chi connectivity index (χ4v) is 0.602. The topological polar surface area (TPSA) is 38.3 Å². The van der Waals surface area contributed by atoms with E-state index < -0.39 is 0 Å². The maximum Gasteiger partial charge on any atom is 0.411 e. The maximum absolute atomic E-state index is 10.4. The molecule has 1 amide bonds. The van der Waals surface area contributed by atoms with Crippen LogP contribution in [0, 0.1) is 0 Å². The lowest BCUT2D eigenvalue weighted by Crippen LogP contribution is -2.11. The van der Waals surface area contributed by atoms with Gasteiger partial charge in [-0.15, -0.1) is 0 Å². The van der Waals surface area contributed by atoms with E-state index in [4.69, 9.17) is 0 Å². The summed E-state index contributed by atoms with van der Waals surface area (Å²) in [6.45, 7) is 4.27. The first-order valence-corrected chi connectivity index (χ1v) is 2.80. The van der Waals surface area contributed by atoms with Crippen LogP contribution in [0.25, 0.3) is 0 Å². The Hall–Kier alpha value is -0.990. The minimum Gasteiger partial charge on any atom is -0.443 e. The van der Waals surface area contributed by atoms with Gasteiger partial charge < -0.3 is 4.74 Å². The Morgan fingerprint density at radius 3 is 2.56 bits per heavy atom. The molecular formula is C6H9NO2. The average Bonchev–Trinajstić information content (AvgIpc) is 2.14. The molecule has 3 heteroatoms. The molecule has 0 radical (unpaired) electrons. The smallest absolute Gasteiger partial charge is 0.411 e. The zero-order chi connectivity index (χ0) is 6.85. The molecule has 9 heavy (non-hydrogen) atoms. The number of allylic oxidation sites excluding steroid dienone is 1. The first-order valence-electron chi connectivity index (χ1n) is 2.80.